The third-order valence-electron chi connectivity index (χ3n) is 3.55. The molecule has 0 saturated carbocycles. The molecular weight excluding hydrogens is 282 g/mol. The molecule has 0 spiro atoms. The number of benzene rings is 1. The van der Waals surface area contributed by atoms with Crippen LogP contribution in [-0.2, 0) is 0 Å². The van der Waals surface area contributed by atoms with Gasteiger partial charge in [0.25, 0.3) is 0 Å². The maximum atomic E-state index is 3.69. The molecule has 2 aliphatic heterocycles. The predicted molar refractivity (Wildman–Crippen MR) is 73.0 cm³/mol. The number of hydrogen-bond acceptors (Lipinski definition) is 2. The van der Waals surface area contributed by atoms with Gasteiger partial charge in [-0.15, -0.1) is 11.8 Å². The number of fused-ring (bicyclic) bond motifs is 2. The molecule has 0 unspecified atom stereocenters. The topological polar surface area (TPSA) is 12.0 Å². The molecule has 1 nitrogen and oxygen atoms in total. The first-order valence-electron chi connectivity index (χ1n) is 5.98. The highest BCUT2D eigenvalue weighted by atomic mass is 79.9. The highest BCUT2D eigenvalue weighted by Gasteiger charge is 2.33. The molecule has 0 amide bonds. The lowest BCUT2D eigenvalue weighted by molar-refractivity contribution is 0.415. The Morgan fingerprint density at radius 3 is 2.31 bits per heavy atom. The summed E-state index contributed by atoms with van der Waals surface area (Å²) in [5.74, 6) is 0. The summed E-state index contributed by atoms with van der Waals surface area (Å²) in [6.45, 7) is 0. The van der Waals surface area contributed by atoms with E-state index in [1.54, 1.807) is 0 Å². The minimum atomic E-state index is 0.798. The van der Waals surface area contributed by atoms with Crippen molar-refractivity contribution in [3.05, 3.63) is 28.7 Å². The third-order valence-corrected chi connectivity index (χ3v) is 5.34. The molecule has 1 N–H and O–H groups in total. The van der Waals surface area contributed by atoms with Gasteiger partial charge in [-0.25, -0.2) is 0 Å². The molecule has 0 aliphatic carbocycles. The van der Waals surface area contributed by atoms with Gasteiger partial charge >= 0.3 is 0 Å². The van der Waals surface area contributed by atoms with Crippen LogP contribution in [0.5, 0.6) is 0 Å². The average molecular weight is 298 g/mol. The first-order valence-corrected chi connectivity index (χ1v) is 7.65. The number of hydrogen-bond donors (Lipinski definition) is 1. The Kier molecular flexibility index (Phi) is 3.27. The average Bonchev–Trinajstić information content (AvgIpc) is 2.62. The Labute approximate surface area is 110 Å². The fraction of sp³-hybridized carbons (Fsp3) is 0.538. The van der Waals surface area contributed by atoms with Gasteiger partial charge in [0.1, 0.15) is 0 Å². The molecule has 2 atom stereocenters. The molecule has 2 fully saturated rings. The minimum absolute atomic E-state index is 0.798. The highest BCUT2D eigenvalue weighted by molar-refractivity contribution is 9.10. The lowest BCUT2D eigenvalue weighted by Crippen LogP contribution is -2.39. The number of thioether (sulfide) groups is 1. The van der Waals surface area contributed by atoms with Gasteiger partial charge in [-0.1, -0.05) is 15.9 Å². The summed E-state index contributed by atoms with van der Waals surface area (Å²) in [4.78, 5) is 1.41. The fourth-order valence-electron chi connectivity index (χ4n) is 2.81. The van der Waals surface area contributed by atoms with Crippen molar-refractivity contribution >= 4 is 27.7 Å². The summed E-state index contributed by atoms with van der Waals surface area (Å²) in [5, 5.41) is 4.51. The molecule has 0 radical (unpaired) electrons. The van der Waals surface area contributed by atoms with Crippen molar-refractivity contribution in [2.24, 2.45) is 0 Å². The number of piperidine rings is 1. The van der Waals surface area contributed by atoms with E-state index in [1.807, 2.05) is 0 Å². The molecule has 2 bridgehead atoms. The second-order valence-corrected chi connectivity index (χ2v) is 7.09. The minimum Gasteiger partial charge on any atom is -0.311 e. The first kappa shape index (κ1) is 11.1. The molecule has 1 aromatic carbocycles. The zero-order chi connectivity index (χ0) is 11.0. The lowest BCUT2D eigenvalue weighted by Gasteiger charge is -2.28. The van der Waals surface area contributed by atoms with E-state index in [4.69, 9.17) is 0 Å². The molecule has 3 rings (SSSR count). The number of rotatable bonds is 2. The summed E-state index contributed by atoms with van der Waals surface area (Å²) in [5.41, 5.74) is 0. The van der Waals surface area contributed by atoms with Gasteiger partial charge in [-0.3, -0.25) is 0 Å². The van der Waals surface area contributed by atoms with E-state index >= 15 is 0 Å². The van der Waals surface area contributed by atoms with Crippen LogP contribution < -0.4 is 5.32 Å². The fourth-order valence-corrected chi connectivity index (χ4v) is 4.41. The van der Waals surface area contributed by atoms with E-state index in [-0.39, 0.29) is 0 Å². The van der Waals surface area contributed by atoms with Gasteiger partial charge in [-0.2, -0.15) is 0 Å². The SMILES string of the molecule is Brc1ccc(SC2C[C@@H]3CC[C@@H](C2)N3)cc1. The summed E-state index contributed by atoms with van der Waals surface area (Å²) < 4.78 is 1.17. The Hall–Kier alpha value is 0.01000. The van der Waals surface area contributed by atoms with E-state index in [0.717, 1.165) is 17.3 Å². The molecule has 86 valence electrons. The first-order chi connectivity index (χ1) is 7.79. The van der Waals surface area contributed by atoms with Crippen LogP contribution in [0.25, 0.3) is 0 Å². The van der Waals surface area contributed by atoms with Gasteiger partial charge in [-0.05, 0) is 49.9 Å². The summed E-state index contributed by atoms with van der Waals surface area (Å²) >= 11 is 5.54. The van der Waals surface area contributed by atoms with E-state index in [0.29, 0.717) is 0 Å². The van der Waals surface area contributed by atoms with Gasteiger partial charge in [0, 0.05) is 26.7 Å². The van der Waals surface area contributed by atoms with Crippen LogP contribution in [0.4, 0.5) is 0 Å². The van der Waals surface area contributed by atoms with E-state index in [2.05, 4.69) is 57.3 Å². The van der Waals surface area contributed by atoms with Crippen LogP contribution >= 0.6 is 27.7 Å². The number of halogens is 1. The quantitative estimate of drug-likeness (QED) is 0.890. The van der Waals surface area contributed by atoms with Crippen molar-refractivity contribution in [1.29, 1.82) is 0 Å². The second-order valence-electron chi connectivity index (χ2n) is 4.80. The van der Waals surface area contributed by atoms with E-state index in [1.165, 1.54) is 35.1 Å². The second kappa shape index (κ2) is 4.71. The molecule has 2 saturated heterocycles. The lowest BCUT2D eigenvalue weighted by atomic mass is 10.1. The van der Waals surface area contributed by atoms with Crippen molar-refractivity contribution < 1.29 is 0 Å². The van der Waals surface area contributed by atoms with Crippen LogP contribution in [0.1, 0.15) is 25.7 Å². The van der Waals surface area contributed by atoms with Crippen LogP contribution in [0.15, 0.2) is 33.6 Å². The van der Waals surface area contributed by atoms with Crippen LogP contribution in [0.2, 0.25) is 0 Å². The Morgan fingerprint density at radius 2 is 1.69 bits per heavy atom. The van der Waals surface area contributed by atoms with Crippen molar-refractivity contribution in [3.8, 4) is 0 Å². The summed E-state index contributed by atoms with van der Waals surface area (Å²) in [6, 6.07) is 10.3. The molecule has 3 heteroatoms. The number of nitrogens with one attached hydrogen (secondary N) is 1. The van der Waals surface area contributed by atoms with Crippen molar-refractivity contribution in [1.82, 2.24) is 5.32 Å². The predicted octanol–water partition coefficient (Wildman–Crippen LogP) is 3.82. The Balaban J connectivity index is 1.64. The molecule has 2 heterocycles. The monoisotopic (exact) mass is 297 g/mol. The van der Waals surface area contributed by atoms with Gasteiger partial charge < -0.3 is 5.32 Å². The van der Waals surface area contributed by atoms with Crippen molar-refractivity contribution in [3.63, 3.8) is 0 Å². The van der Waals surface area contributed by atoms with Gasteiger partial charge in [0.2, 0.25) is 0 Å². The van der Waals surface area contributed by atoms with Crippen molar-refractivity contribution in [2.45, 2.75) is 47.9 Å². The van der Waals surface area contributed by atoms with Gasteiger partial charge in [0.15, 0.2) is 0 Å². The maximum absolute atomic E-state index is 3.69. The Morgan fingerprint density at radius 1 is 1.06 bits per heavy atom. The van der Waals surface area contributed by atoms with Crippen LogP contribution in [-0.4, -0.2) is 17.3 Å². The summed E-state index contributed by atoms with van der Waals surface area (Å²) in [7, 11) is 0. The summed E-state index contributed by atoms with van der Waals surface area (Å²) in [6.07, 6.45) is 5.47. The Bertz CT molecular complexity index is 353. The van der Waals surface area contributed by atoms with E-state index in [9.17, 15) is 0 Å². The molecule has 16 heavy (non-hydrogen) atoms. The smallest absolute Gasteiger partial charge is 0.0176 e. The highest BCUT2D eigenvalue weighted by Crippen LogP contribution is 2.37. The van der Waals surface area contributed by atoms with Crippen molar-refractivity contribution in [2.75, 3.05) is 0 Å². The molecule has 2 aliphatic rings. The maximum Gasteiger partial charge on any atom is 0.0176 e. The molecule has 1 aromatic rings. The molecular formula is C13H16BrNS. The zero-order valence-electron chi connectivity index (χ0n) is 9.16. The largest absolute Gasteiger partial charge is 0.311 e. The normalized spacial score (nSPS) is 32.9. The molecule has 0 aromatic heterocycles. The third kappa shape index (κ3) is 2.47. The zero-order valence-corrected chi connectivity index (χ0v) is 11.6. The standard InChI is InChI=1S/C13H16BrNS/c14-9-1-5-12(6-2-9)16-13-7-10-3-4-11(8-13)15-10/h1-2,5-6,10-11,13,15H,3-4,7-8H2/t10-,11-/m0/s1. The van der Waals surface area contributed by atoms with Crippen LogP contribution in [0.3, 0.4) is 0 Å². The van der Waals surface area contributed by atoms with E-state index < -0.39 is 0 Å². The van der Waals surface area contributed by atoms with Crippen LogP contribution in [0, 0.1) is 0 Å². The van der Waals surface area contributed by atoms with Gasteiger partial charge in [0.05, 0.1) is 0 Å².